The monoisotopic (exact) mass is 294 g/mol. The van der Waals surface area contributed by atoms with E-state index in [9.17, 15) is 4.79 Å². The van der Waals surface area contributed by atoms with Crippen LogP contribution >= 0.6 is 0 Å². The number of carbonyl (C=O) groups is 1. The number of Topliss-reactive ketones (excluding diaryl/α,β-unsaturated/α-hetero) is 1. The fourth-order valence-corrected chi connectivity index (χ4v) is 3.73. The second kappa shape index (κ2) is 12.2. The zero-order valence-corrected chi connectivity index (χ0v) is 14.7. The minimum absolute atomic E-state index is 0.419. The van der Waals surface area contributed by atoms with E-state index in [-0.39, 0.29) is 0 Å². The summed E-state index contributed by atoms with van der Waals surface area (Å²) in [6.45, 7) is 4.53. The third-order valence-electron chi connectivity index (χ3n) is 5.29. The van der Waals surface area contributed by atoms with E-state index in [1.807, 2.05) is 0 Å². The number of hydrogen-bond acceptors (Lipinski definition) is 1. The van der Waals surface area contributed by atoms with E-state index in [0.29, 0.717) is 11.7 Å². The summed E-state index contributed by atoms with van der Waals surface area (Å²) in [5, 5.41) is 0. The highest BCUT2D eigenvalue weighted by Gasteiger charge is 2.25. The molecule has 0 unspecified atom stereocenters. The van der Waals surface area contributed by atoms with E-state index in [4.69, 9.17) is 0 Å². The molecule has 0 aromatic rings. The second-order valence-corrected chi connectivity index (χ2v) is 7.20. The molecular weight excluding hydrogens is 256 g/mol. The van der Waals surface area contributed by atoms with Gasteiger partial charge in [0.15, 0.2) is 0 Å². The van der Waals surface area contributed by atoms with Crippen LogP contribution in [0.25, 0.3) is 0 Å². The molecule has 0 aromatic carbocycles. The topological polar surface area (TPSA) is 17.1 Å². The van der Waals surface area contributed by atoms with Crippen molar-refractivity contribution in [3.63, 3.8) is 0 Å². The fraction of sp³-hybridized carbons (Fsp3) is 0.950. The summed E-state index contributed by atoms with van der Waals surface area (Å²) in [7, 11) is 0. The van der Waals surface area contributed by atoms with Crippen molar-refractivity contribution < 1.29 is 4.79 Å². The fourth-order valence-electron chi connectivity index (χ4n) is 3.73. The van der Waals surface area contributed by atoms with Crippen molar-refractivity contribution in [2.24, 2.45) is 11.8 Å². The first-order valence-electron chi connectivity index (χ1n) is 9.80. The van der Waals surface area contributed by atoms with Crippen LogP contribution in [-0.4, -0.2) is 5.78 Å². The molecular formula is C20H38O. The Morgan fingerprint density at radius 3 is 1.95 bits per heavy atom. The Kier molecular flexibility index (Phi) is 10.9. The molecule has 0 amide bonds. The number of carbonyl (C=O) groups excluding carboxylic acids is 1. The molecule has 0 heterocycles. The van der Waals surface area contributed by atoms with Crippen LogP contribution < -0.4 is 0 Å². The van der Waals surface area contributed by atoms with Crippen LogP contribution in [0.1, 0.15) is 110 Å². The van der Waals surface area contributed by atoms with E-state index >= 15 is 0 Å². The van der Waals surface area contributed by atoms with Gasteiger partial charge in [0.2, 0.25) is 0 Å². The van der Waals surface area contributed by atoms with Crippen molar-refractivity contribution in [3.8, 4) is 0 Å². The Hall–Kier alpha value is -0.330. The molecule has 1 aliphatic rings. The number of hydrogen-bond donors (Lipinski definition) is 0. The molecule has 124 valence electrons. The van der Waals surface area contributed by atoms with Gasteiger partial charge >= 0.3 is 0 Å². The first-order chi connectivity index (χ1) is 10.3. The number of unbranched alkanes of at least 4 members (excludes halogenated alkanes) is 7. The van der Waals surface area contributed by atoms with Crippen LogP contribution in [0.2, 0.25) is 0 Å². The minimum atomic E-state index is 0.419. The van der Waals surface area contributed by atoms with E-state index in [2.05, 4.69) is 13.8 Å². The maximum atomic E-state index is 12.3. The summed E-state index contributed by atoms with van der Waals surface area (Å²) in [6.07, 6.45) is 19.1. The zero-order valence-electron chi connectivity index (χ0n) is 14.7. The Morgan fingerprint density at radius 1 is 0.762 bits per heavy atom. The summed E-state index contributed by atoms with van der Waals surface area (Å²) >= 11 is 0. The van der Waals surface area contributed by atoms with Gasteiger partial charge in [0.05, 0.1) is 0 Å². The molecule has 0 spiro atoms. The molecule has 1 heteroatoms. The minimum Gasteiger partial charge on any atom is -0.299 e. The molecule has 0 bridgehead atoms. The largest absolute Gasteiger partial charge is 0.299 e. The van der Waals surface area contributed by atoms with Gasteiger partial charge in [0, 0.05) is 12.3 Å². The Morgan fingerprint density at radius 2 is 1.33 bits per heavy atom. The lowest BCUT2D eigenvalue weighted by Gasteiger charge is -2.27. The van der Waals surface area contributed by atoms with Crippen LogP contribution in [0.3, 0.4) is 0 Å². The highest BCUT2D eigenvalue weighted by Crippen LogP contribution is 2.33. The van der Waals surface area contributed by atoms with Crippen molar-refractivity contribution in [1.82, 2.24) is 0 Å². The first kappa shape index (κ1) is 18.7. The van der Waals surface area contributed by atoms with E-state index in [1.54, 1.807) is 0 Å². The number of ketones is 1. The average Bonchev–Trinajstić information content (AvgIpc) is 2.52. The van der Waals surface area contributed by atoms with Gasteiger partial charge in [-0.15, -0.1) is 0 Å². The van der Waals surface area contributed by atoms with Crippen molar-refractivity contribution in [2.45, 2.75) is 110 Å². The van der Waals surface area contributed by atoms with Crippen LogP contribution in [0.15, 0.2) is 0 Å². The van der Waals surface area contributed by atoms with Gasteiger partial charge in [-0.25, -0.2) is 0 Å². The van der Waals surface area contributed by atoms with Gasteiger partial charge in [0.25, 0.3) is 0 Å². The van der Waals surface area contributed by atoms with Crippen molar-refractivity contribution >= 4 is 5.78 Å². The molecule has 0 aromatic heterocycles. The molecule has 0 radical (unpaired) electrons. The van der Waals surface area contributed by atoms with Gasteiger partial charge in [-0.3, -0.25) is 4.79 Å². The quantitative estimate of drug-likeness (QED) is 0.366. The van der Waals surface area contributed by atoms with Crippen LogP contribution in [0.5, 0.6) is 0 Å². The molecule has 21 heavy (non-hydrogen) atoms. The molecule has 1 nitrogen and oxygen atoms in total. The van der Waals surface area contributed by atoms with E-state index < -0.39 is 0 Å². The van der Waals surface area contributed by atoms with Gasteiger partial charge < -0.3 is 0 Å². The van der Waals surface area contributed by atoms with Crippen LogP contribution in [-0.2, 0) is 4.79 Å². The highest BCUT2D eigenvalue weighted by atomic mass is 16.1. The summed E-state index contributed by atoms with van der Waals surface area (Å²) in [5.41, 5.74) is 0. The standard InChI is InChI=1S/C20H38O/c1-3-5-7-8-9-10-11-13-20(21)19-16-14-18(15-17-19)12-6-4-2/h18-19H,3-17H2,1-2H3. The maximum absolute atomic E-state index is 12.3. The summed E-state index contributed by atoms with van der Waals surface area (Å²) in [5.74, 6) is 1.92. The zero-order chi connectivity index (χ0) is 15.3. The Balaban J connectivity index is 2.00. The van der Waals surface area contributed by atoms with Crippen molar-refractivity contribution in [1.29, 1.82) is 0 Å². The van der Waals surface area contributed by atoms with Crippen molar-refractivity contribution in [3.05, 3.63) is 0 Å². The summed E-state index contributed by atoms with van der Waals surface area (Å²) in [4.78, 5) is 12.3. The predicted octanol–water partition coefficient (Wildman–Crippen LogP) is 6.69. The lowest BCUT2D eigenvalue weighted by atomic mass is 9.77. The highest BCUT2D eigenvalue weighted by molar-refractivity contribution is 5.81. The second-order valence-electron chi connectivity index (χ2n) is 7.20. The molecule has 1 rings (SSSR count). The number of rotatable bonds is 12. The van der Waals surface area contributed by atoms with Gasteiger partial charge in [-0.1, -0.05) is 71.6 Å². The molecule has 0 N–H and O–H groups in total. The SMILES string of the molecule is CCCCCCCCCC(=O)C1CCC(CCCC)CC1. The van der Waals surface area contributed by atoms with Crippen LogP contribution in [0.4, 0.5) is 0 Å². The first-order valence-corrected chi connectivity index (χ1v) is 9.80. The Bertz CT molecular complexity index is 251. The lowest BCUT2D eigenvalue weighted by molar-refractivity contribution is -0.124. The Labute approximate surface area is 133 Å². The van der Waals surface area contributed by atoms with Gasteiger partial charge in [-0.05, 0) is 38.0 Å². The smallest absolute Gasteiger partial charge is 0.135 e. The molecule has 0 aliphatic heterocycles. The molecule has 1 aliphatic carbocycles. The molecule has 0 atom stereocenters. The van der Waals surface area contributed by atoms with Gasteiger partial charge in [-0.2, -0.15) is 0 Å². The molecule has 1 saturated carbocycles. The van der Waals surface area contributed by atoms with Gasteiger partial charge in [0.1, 0.15) is 5.78 Å². The predicted molar refractivity (Wildman–Crippen MR) is 92.6 cm³/mol. The lowest BCUT2D eigenvalue weighted by Crippen LogP contribution is -2.21. The van der Waals surface area contributed by atoms with E-state index in [0.717, 1.165) is 18.8 Å². The molecule has 1 fully saturated rings. The third-order valence-corrected chi connectivity index (χ3v) is 5.29. The molecule has 0 saturated heterocycles. The summed E-state index contributed by atoms with van der Waals surface area (Å²) < 4.78 is 0. The van der Waals surface area contributed by atoms with E-state index in [1.165, 1.54) is 83.5 Å². The average molecular weight is 295 g/mol. The summed E-state index contributed by atoms with van der Waals surface area (Å²) in [6, 6.07) is 0. The van der Waals surface area contributed by atoms with Crippen LogP contribution in [0, 0.1) is 11.8 Å². The third kappa shape index (κ3) is 8.63. The normalized spacial score (nSPS) is 22.4. The maximum Gasteiger partial charge on any atom is 0.135 e. The van der Waals surface area contributed by atoms with Crippen molar-refractivity contribution in [2.75, 3.05) is 0 Å².